The van der Waals surface area contributed by atoms with Crippen molar-refractivity contribution in [2.24, 2.45) is 5.92 Å². The van der Waals surface area contributed by atoms with Gasteiger partial charge in [0.2, 0.25) is 0 Å². The Bertz CT molecular complexity index is 215. The molecule has 0 saturated carbocycles. The molecule has 2 unspecified atom stereocenters. The van der Waals surface area contributed by atoms with E-state index in [1.165, 1.54) is 11.8 Å². The van der Waals surface area contributed by atoms with E-state index in [0.29, 0.717) is 6.61 Å². The van der Waals surface area contributed by atoms with Crippen LogP contribution in [0.1, 0.15) is 20.3 Å². The molecule has 0 aromatic heterocycles. The third-order valence-electron chi connectivity index (χ3n) is 2.12. The quantitative estimate of drug-likeness (QED) is 0.510. The fourth-order valence-electron chi connectivity index (χ4n) is 1.31. The van der Waals surface area contributed by atoms with Gasteiger partial charge in [0.25, 0.3) is 0 Å². The first-order chi connectivity index (χ1) is 6.20. The van der Waals surface area contributed by atoms with Crippen LogP contribution in [0.15, 0.2) is 0 Å². The van der Waals surface area contributed by atoms with Crippen LogP contribution in [-0.2, 0) is 14.3 Å². The fraction of sp³-hybridized carbons (Fsp3) is 0.778. The second-order valence-electron chi connectivity index (χ2n) is 2.97. The van der Waals surface area contributed by atoms with Crippen LogP contribution < -0.4 is 0 Å². The van der Waals surface area contributed by atoms with Crippen molar-refractivity contribution < 1.29 is 14.3 Å². The summed E-state index contributed by atoms with van der Waals surface area (Å²) in [6.07, 6.45) is 0.821. The number of carbonyl (C=O) groups excluding carboxylic acids is 2. The predicted octanol–water partition coefficient (Wildman–Crippen LogP) is 1.26. The number of carbonyl (C=O) groups is 2. The van der Waals surface area contributed by atoms with E-state index in [1.807, 2.05) is 6.92 Å². The number of esters is 1. The van der Waals surface area contributed by atoms with Crippen LogP contribution in [-0.4, -0.2) is 29.4 Å². The van der Waals surface area contributed by atoms with Gasteiger partial charge in [-0.3, -0.25) is 9.59 Å². The first-order valence-corrected chi connectivity index (χ1v) is 5.57. The molecule has 1 rings (SSSR count). The number of Topliss-reactive ketones (excluding diaryl/α,β-unsaturated/α-hetero) is 1. The summed E-state index contributed by atoms with van der Waals surface area (Å²) in [5.41, 5.74) is 0. The molecule has 74 valence electrons. The van der Waals surface area contributed by atoms with Crippen LogP contribution in [0.25, 0.3) is 0 Å². The molecule has 4 heteroatoms. The van der Waals surface area contributed by atoms with Crippen LogP contribution in [0.3, 0.4) is 0 Å². The van der Waals surface area contributed by atoms with Crippen molar-refractivity contribution >= 4 is 23.5 Å². The van der Waals surface area contributed by atoms with Crippen LogP contribution in [0.5, 0.6) is 0 Å². The lowest BCUT2D eigenvalue weighted by Crippen LogP contribution is -2.27. The molecule has 0 aromatic carbocycles. The van der Waals surface area contributed by atoms with Gasteiger partial charge < -0.3 is 4.74 Å². The minimum Gasteiger partial charge on any atom is -0.465 e. The maximum absolute atomic E-state index is 11.5. The van der Waals surface area contributed by atoms with Gasteiger partial charge in [0.15, 0.2) is 11.0 Å². The van der Waals surface area contributed by atoms with Crippen molar-refractivity contribution in [2.75, 3.05) is 12.4 Å². The van der Waals surface area contributed by atoms with Gasteiger partial charge in [-0.1, -0.05) is 6.92 Å². The summed E-state index contributed by atoms with van der Waals surface area (Å²) in [4.78, 5) is 22.8. The summed E-state index contributed by atoms with van der Waals surface area (Å²) in [5.74, 6) is 0.498. The van der Waals surface area contributed by atoms with E-state index in [2.05, 4.69) is 0 Å². The standard InChI is InChI=1S/C9H14O3S/c1-3-6-5-13-8(7(6)10)9(11)12-4-2/h6,8H,3-5H2,1-2H3. The predicted molar refractivity (Wildman–Crippen MR) is 51.7 cm³/mol. The molecular formula is C9H14O3S. The Morgan fingerprint density at radius 1 is 1.62 bits per heavy atom. The Morgan fingerprint density at radius 3 is 2.77 bits per heavy atom. The molecule has 1 fully saturated rings. The molecule has 1 aliphatic heterocycles. The van der Waals surface area contributed by atoms with Crippen molar-refractivity contribution in [3.8, 4) is 0 Å². The van der Waals surface area contributed by atoms with E-state index in [4.69, 9.17) is 4.74 Å². The number of hydrogen-bond donors (Lipinski definition) is 0. The molecule has 0 aromatic rings. The molecule has 1 saturated heterocycles. The summed E-state index contributed by atoms with van der Waals surface area (Å²) >= 11 is 1.41. The molecule has 2 atom stereocenters. The van der Waals surface area contributed by atoms with E-state index in [1.54, 1.807) is 6.92 Å². The van der Waals surface area contributed by atoms with Crippen molar-refractivity contribution in [3.05, 3.63) is 0 Å². The molecule has 0 aliphatic carbocycles. The lowest BCUT2D eigenvalue weighted by molar-refractivity contribution is -0.145. The largest absolute Gasteiger partial charge is 0.465 e. The van der Waals surface area contributed by atoms with Crippen LogP contribution in [0.4, 0.5) is 0 Å². The Hall–Kier alpha value is -0.510. The fourth-order valence-corrected chi connectivity index (χ4v) is 2.70. The van der Waals surface area contributed by atoms with E-state index >= 15 is 0 Å². The summed E-state index contributed by atoms with van der Waals surface area (Å²) in [6.45, 7) is 4.07. The van der Waals surface area contributed by atoms with Crippen molar-refractivity contribution in [1.29, 1.82) is 0 Å². The smallest absolute Gasteiger partial charge is 0.326 e. The minimum absolute atomic E-state index is 0.0472. The summed E-state index contributed by atoms with van der Waals surface area (Å²) in [6, 6.07) is 0. The Morgan fingerprint density at radius 2 is 2.31 bits per heavy atom. The maximum Gasteiger partial charge on any atom is 0.326 e. The van der Waals surface area contributed by atoms with E-state index in [-0.39, 0.29) is 17.7 Å². The molecule has 0 spiro atoms. The molecule has 1 heterocycles. The van der Waals surface area contributed by atoms with E-state index < -0.39 is 5.25 Å². The van der Waals surface area contributed by atoms with Crippen molar-refractivity contribution in [3.63, 3.8) is 0 Å². The number of hydrogen-bond acceptors (Lipinski definition) is 4. The zero-order valence-corrected chi connectivity index (χ0v) is 8.73. The molecule has 3 nitrogen and oxygen atoms in total. The summed E-state index contributed by atoms with van der Waals surface area (Å²) in [7, 11) is 0. The first kappa shape index (κ1) is 10.6. The van der Waals surface area contributed by atoms with Crippen molar-refractivity contribution in [1.82, 2.24) is 0 Å². The molecule has 0 amide bonds. The highest BCUT2D eigenvalue weighted by atomic mass is 32.2. The SMILES string of the molecule is CCOC(=O)C1SCC(CC)C1=O. The molecule has 13 heavy (non-hydrogen) atoms. The normalized spacial score (nSPS) is 27.7. The lowest BCUT2D eigenvalue weighted by Gasteiger charge is -2.06. The maximum atomic E-state index is 11.5. The number of rotatable bonds is 3. The van der Waals surface area contributed by atoms with Gasteiger partial charge >= 0.3 is 5.97 Å². The third-order valence-corrected chi connectivity index (χ3v) is 3.47. The molecule has 0 radical (unpaired) electrons. The average molecular weight is 202 g/mol. The van der Waals surface area contributed by atoms with Crippen LogP contribution in [0.2, 0.25) is 0 Å². The minimum atomic E-state index is -0.551. The van der Waals surface area contributed by atoms with Crippen LogP contribution >= 0.6 is 11.8 Å². The van der Waals surface area contributed by atoms with Gasteiger partial charge in [0.05, 0.1) is 6.61 Å². The Kier molecular flexibility index (Phi) is 3.78. The van der Waals surface area contributed by atoms with E-state index in [9.17, 15) is 9.59 Å². The zero-order chi connectivity index (χ0) is 9.84. The Labute approximate surface area is 82.2 Å². The average Bonchev–Trinajstić information content (AvgIpc) is 2.47. The molecule has 1 aliphatic rings. The van der Waals surface area contributed by atoms with Crippen LogP contribution in [0, 0.1) is 5.92 Å². The van der Waals surface area contributed by atoms with Gasteiger partial charge in [0, 0.05) is 11.7 Å². The molecule has 0 bridgehead atoms. The van der Waals surface area contributed by atoms with E-state index in [0.717, 1.165) is 12.2 Å². The lowest BCUT2D eigenvalue weighted by atomic mass is 10.0. The first-order valence-electron chi connectivity index (χ1n) is 4.52. The zero-order valence-electron chi connectivity index (χ0n) is 7.91. The third kappa shape index (κ3) is 2.24. The number of ether oxygens (including phenoxy) is 1. The van der Waals surface area contributed by atoms with Gasteiger partial charge in [0.1, 0.15) is 0 Å². The number of thioether (sulfide) groups is 1. The van der Waals surface area contributed by atoms with Gasteiger partial charge in [-0.15, -0.1) is 11.8 Å². The Balaban J connectivity index is 2.54. The summed E-state index contributed by atoms with van der Waals surface area (Å²) < 4.78 is 4.81. The van der Waals surface area contributed by atoms with Gasteiger partial charge in [-0.25, -0.2) is 0 Å². The summed E-state index contributed by atoms with van der Waals surface area (Å²) in [5, 5.41) is -0.551. The molecular weight excluding hydrogens is 188 g/mol. The highest BCUT2D eigenvalue weighted by Crippen LogP contribution is 2.30. The second-order valence-corrected chi connectivity index (χ2v) is 4.11. The highest BCUT2D eigenvalue weighted by Gasteiger charge is 2.39. The monoisotopic (exact) mass is 202 g/mol. The van der Waals surface area contributed by atoms with Gasteiger partial charge in [-0.05, 0) is 13.3 Å². The van der Waals surface area contributed by atoms with Gasteiger partial charge in [-0.2, -0.15) is 0 Å². The number of ketones is 1. The van der Waals surface area contributed by atoms with Crippen molar-refractivity contribution in [2.45, 2.75) is 25.5 Å². The second kappa shape index (κ2) is 4.65. The molecule has 0 N–H and O–H groups in total. The topological polar surface area (TPSA) is 43.4 Å². The highest BCUT2D eigenvalue weighted by molar-refractivity contribution is 8.01.